The number of anilines is 1. The molecule has 0 unspecified atom stereocenters. The van der Waals surface area contributed by atoms with Gasteiger partial charge in [-0.3, -0.25) is 9.79 Å². The lowest BCUT2D eigenvalue weighted by atomic mass is 9.63. The van der Waals surface area contributed by atoms with Crippen molar-refractivity contribution >= 4 is 17.4 Å². The van der Waals surface area contributed by atoms with Crippen molar-refractivity contribution in [3.63, 3.8) is 0 Å². The van der Waals surface area contributed by atoms with E-state index in [9.17, 15) is 22.4 Å². The molecule has 2 aliphatic rings. The minimum absolute atomic E-state index is 0.0396. The third-order valence-electron chi connectivity index (χ3n) is 5.15. The summed E-state index contributed by atoms with van der Waals surface area (Å²) >= 11 is 0. The number of oxazole rings is 1. The minimum Gasteiger partial charge on any atom is -0.441 e. The summed E-state index contributed by atoms with van der Waals surface area (Å²) in [6.45, 7) is 0.0883. The topological polar surface area (TPSA) is 93.5 Å². The number of rotatable bonds is 3. The second kappa shape index (κ2) is 5.79. The molecule has 1 aliphatic heterocycles. The highest BCUT2D eigenvalue weighted by Gasteiger charge is 2.66. The van der Waals surface area contributed by atoms with E-state index >= 15 is 0 Å². The van der Waals surface area contributed by atoms with Crippen LogP contribution in [0.15, 0.2) is 33.9 Å². The van der Waals surface area contributed by atoms with E-state index in [-0.39, 0.29) is 29.3 Å². The van der Waals surface area contributed by atoms with Gasteiger partial charge >= 0.3 is 5.91 Å². The van der Waals surface area contributed by atoms with Gasteiger partial charge in [0.15, 0.2) is 11.2 Å². The standard InChI is InChI=1S/C18H16F4N4O2/c1-16(20)8-18(21,22)17(26-15(16)23)5-9-2-3-10(4-12(9)17)24-13(27)14-25-11(6-19)7-28-14/h2-4,7H,5-6,8H2,1H3,(H2,23,26)(H,24,27)/t16-,17-/m1/s1. The first-order valence-electron chi connectivity index (χ1n) is 8.46. The van der Waals surface area contributed by atoms with Gasteiger partial charge in [0.1, 0.15) is 24.5 Å². The van der Waals surface area contributed by atoms with Gasteiger partial charge in [-0.25, -0.2) is 22.5 Å². The number of nitrogens with zero attached hydrogens (tertiary/aromatic N) is 2. The number of carbonyl (C=O) groups is 1. The molecule has 1 aliphatic carbocycles. The maximum Gasteiger partial charge on any atom is 0.311 e. The lowest BCUT2D eigenvalue weighted by Crippen LogP contribution is -2.61. The zero-order valence-corrected chi connectivity index (χ0v) is 14.7. The van der Waals surface area contributed by atoms with Crippen LogP contribution in [-0.4, -0.2) is 28.3 Å². The number of carbonyl (C=O) groups excluding carboxylic acids is 1. The van der Waals surface area contributed by atoms with E-state index in [4.69, 9.17) is 10.2 Å². The van der Waals surface area contributed by atoms with E-state index in [0.717, 1.165) is 13.2 Å². The fourth-order valence-electron chi connectivity index (χ4n) is 3.60. The molecule has 28 heavy (non-hydrogen) atoms. The van der Waals surface area contributed by atoms with E-state index in [1.807, 2.05) is 0 Å². The van der Waals surface area contributed by atoms with Crippen LogP contribution in [0.5, 0.6) is 0 Å². The van der Waals surface area contributed by atoms with E-state index in [0.29, 0.717) is 5.56 Å². The molecule has 6 nitrogen and oxygen atoms in total. The van der Waals surface area contributed by atoms with Gasteiger partial charge in [-0.05, 0) is 30.2 Å². The van der Waals surface area contributed by atoms with Gasteiger partial charge in [-0.2, -0.15) is 0 Å². The van der Waals surface area contributed by atoms with Gasteiger partial charge in [0, 0.05) is 12.1 Å². The van der Waals surface area contributed by atoms with Crippen LogP contribution in [0.4, 0.5) is 23.2 Å². The second-order valence-corrected chi connectivity index (χ2v) is 7.22. The predicted molar refractivity (Wildman–Crippen MR) is 91.8 cm³/mol. The van der Waals surface area contributed by atoms with Crippen LogP contribution in [-0.2, 0) is 18.6 Å². The van der Waals surface area contributed by atoms with E-state index in [1.165, 1.54) is 12.1 Å². The van der Waals surface area contributed by atoms with E-state index in [1.54, 1.807) is 6.07 Å². The highest BCUT2D eigenvalue weighted by molar-refractivity contribution is 6.01. The van der Waals surface area contributed by atoms with Crippen molar-refractivity contribution in [3.05, 3.63) is 47.2 Å². The molecule has 148 valence electrons. The number of nitrogens with one attached hydrogen (secondary N) is 1. The molecular weight excluding hydrogens is 380 g/mol. The number of alkyl halides is 4. The van der Waals surface area contributed by atoms with Gasteiger partial charge < -0.3 is 15.5 Å². The first-order valence-corrected chi connectivity index (χ1v) is 8.46. The van der Waals surface area contributed by atoms with Gasteiger partial charge in [0.25, 0.3) is 11.8 Å². The van der Waals surface area contributed by atoms with Gasteiger partial charge in [-0.15, -0.1) is 0 Å². The number of hydrogen-bond acceptors (Lipinski definition) is 5. The molecule has 4 rings (SSSR count). The Kier molecular flexibility index (Phi) is 3.82. The van der Waals surface area contributed by atoms with Crippen molar-refractivity contribution < 1.29 is 26.8 Å². The molecular formula is C18H16F4N4O2. The molecule has 0 saturated heterocycles. The highest BCUT2D eigenvalue weighted by atomic mass is 19.3. The molecule has 1 aromatic heterocycles. The van der Waals surface area contributed by atoms with Crippen molar-refractivity contribution in [1.82, 2.24) is 4.98 Å². The Bertz CT molecular complexity index is 1000. The fourth-order valence-corrected chi connectivity index (χ4v) is 3.60. The van der Waals surface area contributed by atoms with Gasteiger partial charge in [0.2, 0.25) is 0 Å². The first kappa shape index (κ1) is 18.5. The number of halogens is 4. The molecule has 0 fully saturated rings. The Morgan fingerprint density at radius 2 is 2.11 bits per heavy atom. The number of benzene rings is 1. The van der Waals surface area contributed by atoms with Crippen molar-refractivity contribution in [3.8, 4) is 0 Å². The summed E-state index contributed by atoms with van der Waals surface area (Å²) in [4.78, 5) is 19.7. The number of fused-ring (bicyclic) bond motifs is 2. The Morgan fingerprint density at radius 3 is 2.79 bits per heavy atom. The van der Waals surface area contributed by atoms with Crippen molar-refractivity contribution in [2.45, 2.75) is 43.6 Å². The number of amides is 1. The molecule has 1 spiro atoms. The quantitative estimate of drug-likeness (QED) is 0.779. The maximum absolute atomic E-state index is 14.8. The third kappa shape index (κ3) is 2.58. The largest absolute Gasteiger partial charge is 0.441 e. The zero-order chi connectivity index (χ0) is 20.3. The lowest BCUT2D eigenvalue weighted by Gasteiger charge is -2.50. The Labute approximate surface area is 156 Å². The number of nitrogens with two attached hydrogens (primary N) is 1. The van der Waals surface area contributed by atoms with Crippen LogP contribution in [0, 0.1) is 0 Å². The normalized spacial score (nSPS) is 27.7. The average Bonchev–Trinajstić information content (AvgIpc) is 3.08. The number of aliphatic imine (C=N–C) groups is 1. The summed E-state index contributed by atoms with van der Waals surface area (Å²) < 4.78 is 61.3. The molecule has 2 aromatic rings. The maximum atomic E-state index is 14.8. The van der Waals surface area contributed by atoms with Crippen molar-refractivity contribution in [2.24, 2.45) is 10.7 Å². The van der Waals surface area contributed by atoms with Crippen LogP contribution in [0.2, 0.25) is 0 Å². The summed E-state index contributed by atoms with van der Waals surface area (Å²) in [5.41, 5.74) is 2.19. The van der Waals surface area contributed by atoms with Crippen LogP contribution in [0.3, 0.4) is 0 Å². The van der Waals surface area contributed by atoms with Gasteiger partial charge in [0.05, 0.1) is 6.42 Å². The Morgan fingerprint density at radius 1 is 1.36 bits per heavy atom. The average molecular weight is 396 g/mol. The van der Waals surface area contributed by atoms with Crippen LogP contribution in [0.1, 0.15) is 40.9 Å². The number of amidine groups is 1. The number of hydrogen-bond donors (Lipinski definition) is 2. The smallest absolute Gasteiger partial charge is 0.311 e. The second-order valence-electron chi connectivity index (χ2n) is 7.22. The fraction of sp³-hybridized carbons (Fsp3) is 0.389. The SMILES string of the molecule is C[C@@]1(F)CC(F)(F)[C@]2(Cc3ccc(NC(=O)c4nc(CF)co4)cc32)N=C1N. The van der Waals surface area contributed by atoms with E-state index in [2.05, 4.69) is 15.3 Å². The molecule has 2 atom stereocenters. The highest BCUT2D eigenvalue weighted by Crippen LogP contribution is 2.57. The monoisotopic (exact) mass is 396 g/mol. The molecule has 3 N–H and O–H groups in total. The molecule has 1 aromatic carbocycles. The summed E-state index contributed by atoms with van der Waals surface area (Å²) in [6.07, 6.45) is -0.150. The van der Waals surface area contributed by atoms with Gasteiger partial charge in [-0.1, -0.05) is 6.07 Å². The first-order chi connectivity index (χ1) is 13.1. The van der Waals surface area contributed by atoms with E-state index < -0.39 is 42.0 Å². The number of aromatic nitrogens is 1. The predicted octanol–water partition coefficient (Wildman–Crippen LogP) is 3.27. The summed E-state index contributed by atoms with van der Waals surface area (Å²) in [6, 6.07) is 4.45. The minimum atomic E-state index is -3.45. The molecule has 10 heteroatoms. The molecule has 0 bridgehead atoms. The van der Waals surface area contributed by atoms with Crippen LogP contribution < -0.4 is 11.1 Å². The van der Waals surface area contributed by atoms with Crippen molar-refractivity contribution in [1.29, 1.82) is 0 Å². The molecule has 1 amide bonds. The third-order valence-corrected chi connectivity index (χ3v) is 5.15. The molecule has 2 heterocycles. The molecule has 0 radical (unpaired) electrons. The van der Waals surface area contributed by atoms with Crippen LogP contribution >= 0.6 is 0 Å². The summed E-state index contributed by atoms with van der Waals surface area (Å²) in [7, 11) is 0. The van der Waals surface area contributed by atoms with Crippen LogP contribution in [0.25, 0.3) is 0 Å². The summed E-state index contributed by atoms with van der Waals surface area (Å²) in [5.74, 6) is -5.04. The van der Waals surface area contributed by atoms with Crippen molar-refractivity contribution in [2.75, 3.05) is 5.32 Å². The molecule has 0 saturated carbocycles. The summed E-state index contributed by atoms with van der Waals surface area (Å²) in [5, 5.41) is 2.46. The lowest BCUT2D eigenvalue weighted by molar-refractivity contribution is -0.120. The Balaban J connectivity index is 1.65. The Hall–Kier alpha value is -2.91. The zero-order valence-electron chi connectivity index (χ0n) is 14.7.